The zero-order chi connectivity index (χ0) is 9.10. The number of hydrazine groups is 1. The van der Waals surface area contributed by atoms with Gasteiger partial charge in [0.2, 0.25) is 0 Å². The molecule has 0 bridgehead atoms. The molecule has 2 rings (SSSR count). The van der Waals surface area contributed by atoms with E-state index in [2.05, 4.69) is 20.6 Å². The van der Waals surface area contributed by atoms with Crippen molar-refractivity contribution in [1.82, 2.24) is 15.2 Å². The van der Waals surface area contributed by atoms with E-state index in [1.807, 2.05) is 24.3 Å². The molecule has 1 aromatic carbocycles. The normalized spacial score (nSPS) is 9.92. The van der Waals surface area contributed by atoms with Crippen molar-refractivity contribution in [3.8, 4) is 11.4 Å². The number of benzene rings is 1. The number of nitrogens with one attached hydrogen (secondary N) is 2. The number of hydrogen-bond acceptors (Lipinski definition) is 4. The summed E-state index contributed by atoms with van der Waals surface area (Å²) in [6, 6.07) is 7.59. The van der Waals surface area contributed by atoms with Crippen molar-refractivity contribution in [1.29, 1.82) is 0 Å². The summed E-state index contributed by atoms with van der Waals surface area (Å²) < 4.78 is 0. The van der Waals surface area contributed by atoms with Gasteiger partial charge in [-0.3, -0.25) is 10.9 Å². The molecule has 5 nitrogen and oxygen atoms in total. The molecule has 1 aromatic heterocycles. The van der Waals surface area contributed by atoms with Gasteiger partial charge in [0.25, 0.3) is 0 Å². The van der Waals surface area contributed by atoms with Crippen molar-refractivity contribution in [2.45, 2.75) is 0 Å². The molecular weight excluding hydrogens is 166 g/mol. The third kappa shape index (κ3) is 1.50. The van der Waals surface area contributed by atoms with E-state index >= 15 is 0 Å². The molecule has 0 saturated carbocycles. The van der Waals surface area contributed by atoms with Crippen LogP contribution in [0.15, 0.2) is 30.6 Å². The van der Waals surface area contributed by atoms with E-state index in [-0.39, 0.29) is 0 Å². The number of anilines is 1. The third-order valence-corrected chi connectivity index (χ3v) is 1.72. The van der Waals surface area contributed by atoms with Crippen LogP contribution in [0, 0.1) is 0 Å². The second-order valence-corrected chi connectivity index (χ2v) is 2.56. The standard InChI is InChI=1S/C8H9N5/c9-12-7-3-1-2-6(4-7)8-10-5-11-13-8/h1-5,12H,9H2,(H,10,11,13). The maximum absolute atomic E-state index is 5.28. The molecule has 66 valence electrons. The highest BCUT2D eigenvalue weighted by Gasteiger charge is 1.99. The van der Waals surface area contributed by atoms with Crippen LogP contribution in [0.25, 0.3) is 11.4 Å². The Labute approximate surface area is 75.0 Å². The summed E-state index contributed by atoms with van der Waals surface area (Å²) in [4.78, 5) is 4.03. The highest BCUT2D eigenvalue weighted by atomic mass is 15.2. The second kappa shape index (κ2) is 3.24. The largest absolute Gasteiger partial charge is 0.324 e. The lowest BCUT2D eigenvalue weighted by Crippen LogP contribution is -2.06. The van der Waals surface area contributed by atoms with Gasteiger partial charge in [0, 0.05) is 11.3 Å². The van der Waals surface area contributed by atoms with E-state index in [0.29, 0.717) is 0 Å². The Morgan fingerprint density at radius 2 is 2.31 bits per heavy atom. The summed E-state index contributed by atoms with van der Waals surface area (Å²) in [5.74, 6) is 6.01. The fourth-order valence-corrected chi connectivity index (χ4v) is 1.10. The summed E-state index contributed by atoms with van der Waals surface area (Å²) >= 11 is 0. The molecule has 0 aliphatic rings. The molecule has 4 N–H and O–H groups in total. The third-order valence-electron chi connectivity index (χ3n) is 1.72. The van der Waals surface area contributed by atoms with Gasteiger partial charge in [-0.25, -0.2) is 4.98 Å². The molecule has 0 atom stereocenters. The fraction of sp³-hybridized carbons (Fsp3) is 0. The van der Waals surface area contributed by atoms with Gasteiger partial charge < -0.3 is 5.43 Å². The lowest BCUT2D eigenvalue weighted by Gasteiger charge is -2.00. The molecule has 5 heteroatoms. The molecule has 0 spiro atoms. The average molecular weight is 175 g/mol. The SMILES string of the molecule is NNc1cccc(-c2ncn[nH]2)c1. The Bertz CT molecular complexity index is 381. The van der Waals surface area contributed by atoms with E-state index < -0.39 is 0 Å². The highest BCUT2D eigenvalue weighted by molar-refractivity contribution is 5.61. The van der Waals surface area contributed by atoms with Crippen LogP contribution >= 0.6 is 0 Å². The first-order valence-electron chi connectivity index (χ1n) is 3.82. The minimum atomic E-state index is 0.733. The molecule has 1 heterocycles. The van der Waals surface area contributed by atoms with Gasteiger partial charge in [-0.1, -0.05) is 12.1 Å². The van der Waals surface area contributed by atoms with Crippen molar-refractivity contribution in [3.63, 3.8) is 0 Å². The average Bonchev–Trinajstić information content (AvgIpc) is 2.71. The van der Waals surface area contributed by atoms with Crippen LogP contribution in [-0.4, -0.2) is 15.2 Å². The number of hydrogen-bond donors (Lipinski definition) is 3. The molecule has 2 aromatic rings. The maximum atomic E-state index is 5.28. The van der Waals surface area contributed by atoms with Gasteiger partial charge in [-0.05, 0) is 12.1 Å². The minimum Gasteiger partial charge on any atom is -0.324 e. The first-order valence-corrected chi connectivity index (χ1v) is 3.82. The molecule has 0 saturated heterocycles. The van der Waals surface area contributed by atoms with Crippen molar-refractivity contribution >= 4 is 5.69 Å². The van der Waals surface area contributed by atoms with E-state index in [0.717, 1.165) is 17.1 Å². The van der Waals surface area contributed by atoms with Gasteiger partial charge in [-0.15, -0.1) is 0 Å². The monoisotopic (exact) mass is 175 g/mol. The Morgan fingerprint density at radius 3 is 3.00 bits per heavy atom. The lowest BCUT2D eigenvalue weighted by atomic mass is 10.2. The van der Waals surface area contributed by atoms with Gasteiger partial charge in [-0.2, -0.15) is 5.10 Å². The Balaban J connectivity index is 2.41. The van der Waals surface area contributed by atoms with E-state index in [1.165, 1.54) is 6.33 Å². The van der Waals surface area contributed by atoms with Crippen LogP contribution in [0.2, 0.25) is 0 Å². The summed E-state index contributed by atoms with van der Waals surface area (Å²) in [5.41, 5.74) is 4.36. The van der Waals surface area contributed by atoms with Crippen molar-refractivity contribution in [2.75, 3.05) is 5.43 Å². The van der Waals surface area contributed by atoms with Crippen molar-refractivity contribution in [2.24, 2.45) is 5.84 Å². The molecule has 13 heavy (non-hydrogen) atoms. The molecule has 0 aliphatic carbocycles. The zero-order valence-electron chi connectivity index (χ0n) is 6.86. The van der Waals surface area contributed by atoms with Gasteiger partial charge in [0.15, 0.2) is 5.82 Å². The second-order valence-electron chi connectivity index (χ2n) is 2.56. The van der Waals surface area contributed by atoms with E-state index in [9.17, 15) is 0 Å². The van der Waals surface area contributed by atoms with Crippen molar-refractivity contribution in [3.05, 3.63) is 30.6 Å². The van der Waals surface area contributed by atoms with Crippen LogP contribution in [0.5, 0.6) is 0 Å². The Hall–Kier alpha value is -1.88. The van der Waals surface area contributed by atoms with E-state index in [4.69, 9.17) is 5.84 Å². The number of rotatable bonds is 2. The Kier molecular flexibility index (Phi) is 1.93. The number of H-pyrrole nitrogens is 1. The Morgan fingerprint density at radius 1 is 1.38 bits per heavy atom. The first kappa shape index (κ1) is 7.75. The van der Waals surface area contributed by atoms with Crippen LogP contribution in [-0.2, 0) is 0 Å². The topological polar surface area (TPSA) is 79.6 Å². The summed E-state index contributed by atoms with van der Waals surface area (Å²) in [7, 11) is 0. The number of aromatic nitrogens is 3. The first-order chi connectivity index (χ1) is 6.40. The van der Waals surface area contributed by atoms with Crippen molar-refractivity contribution < 1.29 is 0 Å². The minimum absolute atomic E-state index is 0.733. The molecular formula is C8H9N5. The molecule has 0 aliphatic heterocycles. The predicted octanol–water partition coefficient (Wildman–Crippen LogP) is 0.757. The van der Waals surface area contributed by atoms with Gasteiger partial charge in [0.05, 0.1) is 0 Å². The summed E-state index contributed by atoms with van der Waals surface area (Å²) in [6.45, 7) is 0. The zero-order valence-corrected chi connectivity index (χ0v) is 6.86. The highest BCUT2D eigenvalue weighted by Crippen LogP contribution is 2.17. The molecule has 0 fully saturated rings. The fourth-order valence-electron chi connectivity index (χ4n) is 1.10. The predicted molar refractivity (Wildman–Crippen MR) is 49.6 cm³/mol. The summed E-state index contributed by atoms with van der Waals surface area (Å²) in [5, 5.41) is 6.54. The molecule has 0 radical (unpaired) electrons. The number of nitrogen functional groups attached to an aromatic ring is 1. The van der Waals surface area contributed by atoms with Crippen LogP contribution < -0.4 is 11.3 Å². The van der Waals surface area contributed by atoms with Crippen LogP contribution in [0.1, 0.15) is 0 Å². The van der Waals surface area contributed by atoms with Crippen LogP contribution in [0.3, 0.4) is 0 Å². The smallest absolute Gasteiger partial charge is 0.155 e. The van der Waals surface area contributed by atoms with Gasteiger partial charge in [0.1, 0.15) is 6.33 Å². The lowest BCUT2D eigenvalue weighted by molar-refractivity contribution is 1.09. The molecule has 0 unspecified atom stereocenters. The number of nitrogens with two attached hydrogens (primary N) is 1. The van der Waals surface area contributed by atoms with Gasteiger partial charge >= 0.3 is 0 Å². The van der Waals surface area contributed by atoms with Crippen LogP contribution in [0.4, 0.5) is 5.69 Å². The van der Waals surface area contributed by atoms with E-state index in [1.54, 1.807) is 0 Å². The number of aromatic amines is 1. The number of nitrogens with zero attached hydrogens (tertiary/aromatic N) is 2. The quantitative estimate of drug-likeness (QED) is 0.465. The molecule has 0 amide bonds. The maximum Gasteiger partial charge on any atom is 0.155 e. The summed E-state index contributed by atoms with van der Waals surface area (Å²) in [6.07, 6.45) is 1.47.